The number of rotatable bonds is 8. The van der Waals surface area contributed by atoms with E-state index in [0.717, 1.165) is 12.0 Å². The maximum absolute atomic E-state index is 12.1. The highest BCUT2D eigenvalue weighted by atomic mass is 16.7. The molecule has 0 bridgehead atoms. The molecule has 0 spiro atoms. The van der Waals surface area contributed by atoms with Gasteiger partial charge in [0.15, 0.2) is 6.79 Å². The third-order valence-electron chi connectivity index (χ3n) is 3.80. The van der Waals surface area contributed by atoms with Crippen molar-refractivity contribution in [2.75, 3.05) is 13.9 Å². The average Bonchev–Trinajstić information content (AvgIpc) is 3.31. The number of carbonyl (C=O) groups excluding carboxylic acids is 1. The Balaban J connectivity index is 1.88. The van der Waals surface area contributed by atoms with Crippen LogP contribution in [-0.4, -0.2) is 36.9 Å². The van der Waals surface area contributed by atoms with Crippen LogP contribution in [0.25, 0.3) is 0 Å². The highest BCUT2D eigenvalue weighted by Crippen LogP contribution is 2.47. The van der Waals surface area contributed by atoms with Gasteiger partial charge in [0.05, 0.1) is 0 Å². The lowest BCUT2D eigenvalue weighted by atomic mass is 10.1. The molecule has 1 fully saturated rings. The lowest BCUT2D eigenvalue weighted by molar-refractivity contribution is -0.142. The van der Waals surface area contributed by atoms with Crippen molar-refractivity contribution in [2.24, 2.45) is 5.92 Å². The minimum absolute atomic E-state index is 0.140. The molecule has 3 atom stereocenters. The zero-order chi connectivity index (χ0) is 16.1. The number of carboxylic acids is 1. The second kappa shape index (κ2) is 7.26. The molecule has 6 heteroatoms. The molecule has 6 nitrogen and oxygen atoms in total. The summed E-state index contributed by atoms with van der Waals surface area (Å²) in [6, 6.07) is 6.73. The van der Waals surface area contributed by atoms with Gasteiger partial charge in [-0.15, -0.1) is 0 Å². The number of benzene rings is 1. The Morgan fingerprint density at radius 2 is 2.05 bits per heavy atom. The normalized spacial score (nSPS) is 21.0. The first-order chi connectivity index (χ1) is 10.6. The molecule has 1 aliphatic carbocycles. The monoisotopic (exact) mass is 307 g/mol. The van der Waals surface area contributed by atoms with E-state index in [9.17, 15) is 9.59 Å². The summed E-state index contributed by atoms with van der Waals surface area (Å²) < 4.78 is 10.1. The molecular weight excluding hydrogens is 286 g/mol. The molecule has 0 saturated heterocycles. The van der Waals surface area contributed by atoms with Gasteiger partial charge in [-0.2, -0.15) is 0 Å². The number of nitrogens with one attached hydrogen (secondary N) is 1. The van der Waals surface area contributed by atoms with Crippen LogP contribution >= 0.6 is 0 Å². The lowest BCUT2D eigenvalue weighted by Gasteiger charge is -2.12. The quantitative estimate of drug-likeness (QED) is 0.715. The number of carbonyl (C=O) groups is 2. The van der Waals surface area contributed by atoms with Crippen LogP contribution in [0.15, 0.2) is 24.3 Å². The lowest BCUT2D eigenvalue weighted by Crippen LogP contribution is -2.41. The summed E-state index contributed by atoms with van der Waals surface area (Å²) in [5.41, 5.74) is 1.06. The van der Waals surface area contributed by atoms with Crippen LogP contribution in [0.2, 0.25) is 0 Å². The fourth-order valence-electron chi connectivity index (χ4n) is 2.41. The fourth-order valence-corrected chi connectivity index (χ4v) is 2.41. The van der Waals surface area contributed by atoms with Crippen molar-refractivity contribution in [2.45, 2.75) is 31.7 Å². The Kier molecular flexibility index (Phi) is 5.38. The van der Waals surface area contributed by atoms with E-state index in [0.29, 0.717) is 12.2 Å². The maximum Gasteiger partial charge on any atom is 0.326 e. The van der Waals surface area contributed by atoms with Gasteiger partial charge in [0, 0.05) is 13.0 Å². The van der Waals surface area contributed by atoms with Gasteiger partial charge in [0.25, 0.3) is 0 Å². The standard InChI is InChI=1S/C16H21NO5/c1-3-14(16(19)20)17-15(18)13-8-12(13)10-4-6-11(7-5-10)22-9-21-2/h4-7,12-14H,3,8-9H2,1-2H3,(H,17,18)(H,19,20). The Morgan fingerprint density at radius 3 is 2.59 bits per heavy atom. The van der Waals surface area contributed by atoms with Gasteiger partial charge in [-0.05, 0) is 36.5 Å². The van der Waals surface area contributed by atoms with Crippen LogP contribution in [0.1, 0.15) is 31.2 Å². The number of methoxy groups -OCH3 is 1. The van der Waals surface area contributed by atoms with Gasteiger partial charge in [-0.3, -0.25) is 4.79 Å². The van der Waals surface area contributed by atoms with E-state index >= 15 is 0 Å². The summed E-state index contributed by atoms with van der Waals surface area (Å²) >= 11 is 0. The molecule has 1 saturated carbocycles. The van der Waals surface area contributed by atoms with Crippen molar-refractivity contribution in [3.8, 4) is 5.75 Å². The van der Waals surface area contributed by atoms with Crippen LogP contribution in [0, 0.1) is 5.92 Å². The van der Waals surface area contributed by atoms with Crippen molar-refractivity contribution in [1.82, 2.24) is 5.32 Å². The van der Waals surface area contributed by atoms with Crippen molar-refractivity contribution in [1.29, 1.82) is 0 Å². The number of aliphatic carboxylic acids is 1. The first-order valence-electron chi connectivity index (χ1n) is 7.31. The van der Waals surface area contributed by atoms with Crippen molar-refractivity contribution < 1.29 is 24.2 Å². The predicted molar refractivity (Wildman–Crippen MR) is 79.7 cm³/mol. The Bertz CT molecular complexity index is 528. The van der Waals surface area contributed by atoms with Gasteiger partial charge in [-0.1, -0.05) is 19.1 Å². The SMILES string of the molecule is CCC(NC(=O)C1CC1c1ccc(OCOC)cc1)C(=O)O. The molecular formula is C16H21NO5. The van der Waals surface area contributed by atoms with E-state index in [1.807, 2.05) is 24.3 Å². The first kappa shape index (κ1) is 16.3. The average molecular weight is 307 g/mol. The molecule has 3 unspecified atom stereocenters. The Morgan fingerprint density at radius 1 is 1.36 bits per heavy atom. The van der Waals surface area contributed by atoms with E-state index in [4.69, 9.17) is 14.6 Å². The van der Waals surface area contributed by atoms with E-state index in [1.165, 1.54) is 0 Å². The molecule has 0 radical (unpaired) electrons. The summed E-state index contributed by atoms with van der Waals surface area (Å²) in [6.07, 6.45) is 1.13. The van der Waals surface area contributed by atoms with Crippen LogP contribution in [0.3, 0.4) is 0 Å². The zero-order valence-corrected chi connectivity index (χ0v) is 12.7. The second-order valence-electron chi connectivity index (χ2n) is 5.38. The molecule has 22 heavy (non-hydrogen) atoms. The molecule has 1 aromatic rings. The minimum Gasteiger partial charge on any atom is -0.480 e. The van der Waals surface area contributed by atoms with E-state index < -0.39 is 12.0 Å². The van der Waals surface area contributed by atoms with Gasteiger partial charge in [-0.25, -0.2) is 4.79 Å². The summed E-state index contributed by atoms with van der Waals surface area (Å²) in [5.74, 6) is -0.447. The zero-order valence-electron chi connectivity index (χ0n) is 12.7. The molecule has 1 aliphatic rings. The summed E-state index contributed by atoms with van der Waals surface area (Å²) in [4.78, 5) is 23.0. The largest absolute Gasteiger partial charge is 0.480 e. The van der Waals surface area contributed by atoms with Gasteiger partial charge < -0.3 is 19.9 Å². The molecule has 0 aromatic heterocycles. The van der Waals surface area contributed by atoms with E-state index in [2.05, 4.69) is 5.32 Å². The molecule has 2 rings (SSSR count). The smallest absolute Gasteiger partial charge is 0.326 e. The van der Waals surface area contributed by atoms with Crippen LogP contribution < -0.4 is 10.1 Å². The van der Waals surface area contributed by atoms with E-state index in [1.54, 1.807) is 14.0 Å². The molecule has 120 valence electrons. The minimum atomic E-state index is -0.993. The number of ether oxygens (including phenoxy) is 2. The number of hydrogen-bond donors (Lipinski definition) is 2. The molecule has 2 N–H and O–H groups in total. The van der Waals surface area contributed by atoms with Gasteiger partial charge in [0.2, 0.25) is 5.91 Å². The second-order valence-corrected chi connectivity index (χ2v) is 5.38. The van der Waals surface area contributed by atoms with Gasteiger partial charge >= 0.3 is 5.97 Å². The van der Waals surface area contributed by atoms with Crippen LogP contribution in [0.4, 0.5) is 0 Å². The molecule has 1 aromatic carbocycles. The number of amides is 1. The van der Waals surface area contributed by atoms with Crippen LogP contribution in [0.5, 0.6) is 5.75 Å². The molecule has 0 heterocycles. The maximum atomic E-state index is 12.1. The van der Waals surface area contributed by atoms with Gasteiger partial charge in [0.1, 0.15) is 11.8 Å². The third-order valence-corrected chi connectivity index (χ3v) is 3.80. The summed E-state index contributed by atoms with van der Waals surface area (Å²) in [7, 11) is 1.56. The highest BCUT2D eigenvalue weighted by molar-refractivity contribution is 5.87. The number of hydrogen-bond acceptors (Lipinski definition) is 4. The molecule has 1 amide bonds. The Labute approximate surface area is 129 Å². The highest BCUT2D eigenvalue weighted by Gasteiger charge is 2.44. The van der Waals surface area contributed by atoms with Crippen LogP contribution in [-0.2, 0) is 14.3 Å². The van der Waals surface area contributed by atoms with Crippen molar-refractivity contribution >= 4 is 11.9 Å². The Hall–Kier alpha value is -2.08. The predicted octanol–water partition coefficient (Wildman–Crippen LogP) is 1.75. The first-order valence-corrected chi connectivity index (χ1v) is 7.31. The van der Waals surface area contributed by atoms with Crippen molar-refractivity contribution in [3.05, 3.63) is 29.8 Å². The number of carboxylic acid groups (broad SMARTS) is 1. The fraction of sp³-hybridized carbons (Fsp3) is 0.500. The molecule has 0 aliphatic heterocycles. The van der Waals surface area contributed by atoms with E-state index in [-0.39, 0.29) is 24.5 Å². The summed E-state index contributed by atoms with van der Waals surface area (Å²) in [6.45, 7) is 1.93. The summed E-state index contributed by atoms with van der Waals surface area (Å²) in [5, 5.41) is 11.6. The van der Waals surface area contributed by atoms with Crippen molar-refractivity contribution in [3.63, 3.8) is 0 Å². The third kappa shape index (κ3) is 3.98. The topological polar surface area (TPSA) is 84.9 Å².